The van der Waals surface area contributed by atoms with Crippen LogP contribution in [0.1, 0.15) is 25.7 Å². The largest absolute Gasteiger partial charge is 0.327 e. The molecule has 0 unspecified atom stereocenters. The van der Waals surface area contributed by atoms with E-state index in [-0.39, 0.29) is 24.4 Å². The predicted octanol–water partition coefficient (Wildman–Crippen LogP) is 3.02. The molecule has 1 fully saturated rings. The van der Waals surface area contributed by atoms with Crippen LogP contribution < -0.4 is 11.1 Å². The Labute approximate surface area is 142 Å². The average Bonchev–Trinajstić information content (AvgIpc) is 2.94. The molecule has 0 saturated heterocycles. The average molecular weight is 333 g/mol. The van der Waals surface area contributed by atoms with Gasteiger partial charge in [0.25, 0.3) is 0 Å². The van der Waals surface area contributed by atoms with Crippen molar-refractivity contribution in [3.63, 3.8) is 0 Å². The van der Waals surface area contributed by atoms with Crippen molar-refractivity contribution in [3.8, 4) is 11.1 Å². The molecule has 5 nitrogen and oxygen atoms in total. The highest BCUT2D eigenvalue weighted by molar-refractivity contribution is 5.91. The summed E-state index contributed by atoms with van der Waals surface area (Å²) >= 11 is 0. The van der Waals surface area contributed by atoms with Crippen molar-refractivity contribution >= 4 is 24.0 Å². The SMILES string of the molecule is Cl.N[C@@H]1CCC[C@H]1CC(=O)Nc1ccc(-c2cncnc2)cc1. The van der Waals surface area contributed by atoms with E-state index >= 15 is 0 Å². The summed E-state index contributed by atoms with van der Waals surface area (Å²) in [6.07, 6.45) is 8.77. The monoisotopic (exact) mass is 332 g/mol. The third-order valence-corrected chi connectivity index (χ3v) is 4.23. The van der Waals surface area contributed by atoms with Crippen LogP contribution in [0.15, 0.2) is 43.0 Å². The van der Waals surface area contributed by atoms with Gasteiger partial charge in [0.05, 0.1) is 0 Å². The first-order valence-corrected chi connectivity index (χ1v) is 7.63. The Kier molecular flexibility index (Phi) is 6.07. The summed E-state index contributed by atoms with van der Waals surface area (Å²) in [4.78, 5) is 20.1. The minimum Gasteiger partial charge on any atom is -0.327 e. The molecule has 0 radical (unpaired) electrons. The van der Waals surface area contributed by atoms with Gasteiger partial charge in [0.2, 0.25) is 5.91 Å². The van der Waals surface area contributed by atoms with Crippen molar-refractivity contribution in [1.82, 2.24) is 9.97 Å². The summed E-state index contributed by atoms with van der Waals surface area (Å²) in [6, 6.07) is 7.88. The Balaban J connectivity index is 0.00000192. The van der Waals surface area contributed by atoms with Crippen molar-refractivity contribution in [3.05, 3.63) is 43.0 Å². The number of carbonyl (C=O) groups excluding carboxylic acids is 1. The van der Waals surface area contributed by atoms with Crippen LogP contribution in [0.4, 0.5) is 5.69 Å². The van der Waals surface area contributed by atoms with E-state index in [0.29, 0.717) is 12.3 Å². The normalized spacial score (nSPS) is 19.9. The lowest BCUT2D eigenvalue weighted by Crippen LogP contribution is -2.28. The molecule has 122 valence electrons. The number of benzene rings is 1. The van der Waals surface area contributed by atoms with Gasteiger partial charge in [-0.3, -0.25) is 4.79 Å². The minimum atomic E-state index is 0. The Morgan fingerprint density at radius 3 is 2.43 bits per heavy atom. The summed E-state index contributed by atoms with van der Waals surface area (Å²) in [7, 11) is 0. The number of nitrogens with zero attached hydrogens (tertiary/aromatic N) is 2. The van der Waals surface area contributed by atoms with Crippen molar-refractivity contribution in [2.24, 2.45) is 11.7 Å². The second-order valence-corrected chi connectivity index (χ2v) is 5.81. The fourth-order valence-corrected chi connectivity index (χ4v) is 2.96. The number of hydrogen-bond donors (Lipinski definition) is 2. The van der Waals surface area contributed by atoms with Gasteiger partial charge in [-0.05, 0) is 36.5 Å². The highest BCUT2D eigenvalue weighted by atomic mass is 35.5. The third kappa shape index (κ3) is 4.50. The molecule has 23 heavy (non-hydrogen) atoms. The number of rotatable bonds is 4. The van der Waals surface area contributed by atoms with Gasteiger partial charge >= 0.3 is 0 Å². The molecular weight excluding hydrogens is 312 g/mol. The van der Waals surface area contributed by atoms with Crippen LogP contribution in [0.25, 0.3) is 11.1 Å². The number of halogens is 1. The molecule has 3 rings (SSSR count). The number of nitrogens with two attached hydrogens (primary N) is 1. The second kappa shape index (κ2) is 8.04. The van der Waals surface area contributed by atoms with Crippen molar-refractivity contribution in [2.45, 2.75) is 31.7 Å². The molecule has 0 aliphatic heterocycles. The summed E-state index contributed by atoms with van der Waals surface area (Å²) in [5.74, 6) is 0.360. The number of anilines is 1. The number of amides is 1. The second-order valence-electron chi connectivity index (χ2n) is 5.81. The van der Waals surface area contributed by atoms with Gasteiger partial charge in [-0.2, -0.15) is 0 Å². The molecule has 2 atom stereocenters. The number of aromatic nitrogens is 2. The van der Waals surface area contributed by atoms with Crippen LogP contribution in [-0.2, 0) is 4.79 Å². The van der Waals surface area contributed by atoms with Crippen LogP contribution >= 0.6 is 12.4 Å². The molecule has 1 aromatic heterocycles. The van der Waals surface area contributed by atoms with Crippen LogP contribution in [-0.4, -0.2) is 21.9 Å². The van der Waals surface area contributed by atoms with E-state index in [2.05, 4.69) is 15.3 Å². The zero-order valence-corrected chi connectivity index (χ0v) is 13.6. The van der Waals surface area contributed by atoms with Crippen LogP contribution in [0.5, 0.6) is 0 Å². The Morgan fingerprint density at radius 1 is 1.13 bits per heavy atom. The van der Waals surface area contributed by atoms with Crippen LogP contribution in [0.3, 0.4) is 0 Å². The fraction of sp³-hybridized carbons (Fsp3) is 0.353. The maximum absolute atomic E-state index is 12.1. The molecular formula is C17H21ClN4O. The molecule has 1 amide bonds. The van der Waals surface area contributed by atoms with E-state index < -0.39 is 0 Å². The molecule has 1 heterocycles. The fourth-order valence-electron chi connectivity index (χ4n) is 2.96. The van der Waals surface area contributed by atoms with Crippen molar-refractivity contribution in [1.29, 1.82) is 0 Å². The zero-order chi connectivity index (χ0) is 15.4. The van der Waals surface area contributed by atoms with Gasteiger partial charge < -0.3 is 11.1 Å². The van der Waals surface area contributed by atoms with E-state index in [4.69, 9.17) is 5.73 Å². The van der Waals surface area contributed by atoms with Gasteiger partial charge in [-0.15, -0.1) is 12.4 Å². The van der Waals surface area contributed by atoms with E-state index in [1.54, 1.807) is 12.4 Å². The summed E-state index contributed by atoms with van der Waals surface area (Å²) < 4.78 is 0. The molecule has 1 aliphatic carbocycles. The maximum Gasteiger partial charge on any atom is 0.224 e. The van der Waals surface area contributed by atoms with Crippen molar-refractivity contribution < 1.29 is 4.79 Å². The Hall–Kier alpha value is -1.98. The minimum absolute atomic E-state index is 0. The molecule has 1 saturated carbocycles. The lowest BCUT2D eigenvalue weighted by molar-refractivity contribution is -0.117. The van der Waals surface area contributed by atoms with E-state index in [0.717, 1.165) is 36.1 Å². The van der Waals surface area contributed by atoms with Gasteiger partial charge in [0.1, 0.15) is 6.33 Å². The smallest absolute Gasteiger partial charge is 0.224 e. The van der Waals surface area contributed by atoms with Crippen LogP contribution in [0, 0.1) is 5.92 Å². The Bertz CT molecular complexity index is 633. The standard InChI is InChI=1S/C17H20N4O.ClH/c18-16-3-1-2-13(16)8-17(22)21-15-6-4-12(5-7-15)14-9-19-11-20-10-14;/h4-7,9-11,13,16H,1-3,8,18H2,(H,21,22);1H/t13-,16+;/m0./s1. The third-order valence-electron chi connectivity index (χ3n) is 4.23. The number of hydrogen-bond acceptors (Lipinski definition) is 4. The lowest BCUT2D eigenvalue weighted by Gasteiger charge is -2.14. The molecule has 1 aromatic carbocycles. The molecule has 6 heteroatoms. The van der Waals surface area contributed by atoms with Gasteiger partial charge in [-0.25, -0.2) is 9.97 Å². The predicted molar refractivity (Wildman–Crippen MR) is 93.3 cm³/mol. The molecule has 0 bridgehead atoms. The molecule has 3 N–H and O–H groups in total. The quantitative estimate of drug-likeness (QED) is 0.901. The van der Waals surface area contributed by atoms with Gasteiger partial charge in [0, 0.05) is 36.1 Å². The number of carbonyl (C=O) groups is 1. The first-order valence-electron chi connectivity index (χ1n) is 7.63. The highest BCUT2D eigenvalue weighted by Gasteiger charge is 2.25. The highest BCUT2D eigenvalue weighted by Crippen LogP contribution is 2.27. The van der Waals surface area contributed by atoms with Gasteiger partial charge in [-0.1, -0.05) is 18.6 Å². The maximum atomic E-state index is 12.1. The van der Waals surface area contributed by atoms with E-state index in [1.807, 2.05) is 24.3 Å². The first-order chi connectivity index (χ1) is 10.7. The lowest BCUT2D eigenvalue weighted by atomic mass is 10.00. The van der Waals surface area contributed by atoms with E-state index in [9.17, 15) is 4.79 Å². The molecule has 0 spiro atoms. The zero-order valence-electron chi connectivity index (χ0n) is 12.8. The Morgan fingerprint density at radius 2 is 1.83 bits per heavy atom. The summed E-state index contributed by atoms with van der Waals surface area (Å²) in [6.45, 7) is 0. The first kappa shape index (κ1) is 17.4. The summed E-state index contributed by atoms with van der Waals surface area (Å²) in [5.41, 5.74) is 8.80. The van der Waals surface area contributed by atoms with Crippen molar-refractivity contribution in [2.75, 3.05) is 5.32 Å². The molecule has 2 aromatic rings. The molecule has 1 aliphatic rings. The number of nitrogens with one attached hydrogen (secondary N) is 1. The van der Waals surface area contributed by atoms with E-state index in [1.165, 1.54) is 6.33 Å². The van der Waals surface area contributed by atoms with Gasteiger partial charge in [0.15, 0.2) is 0 Å². The summed E-state index contributed by atoms with van der Waals surface area (Å²) in [5, 5.41) is 2.94. The van der Waals surface area contributed by atoms with Crippen LogP contribution in [0.2, 0.25) is 0 Å². The topological polar surface area (TPSA) is 80.9 Å².